The number of aliphatic hydroxyl groups is 1. The number of anilines is 2. The molecule has 1 saturated carbocycles. The van der Waals surface area contributed by atoms with E-state index in [4.69, 9.17) is 18.8 Å². The molecule has 1 spiro atoms. The molecule has 1 heterocycles. The highest BCUT2D eigenvalue weighted by molar-refractivity contribution is 7.80. The van der Waals surface area contributed by atoms with E-state index in [0.29, 0.717) is 19.3 Å². The predicted octanol–water partition coefficient (Wildman–Crippen LogP) is 5.63. The van der Waals surface area contributed by atoms with E-state index in [1.807, 2.05) is 29.2 Å². The fraction of sp³-hybridized carbons (Fsp3) is 0.375. The van der Waals surface area contributed by atoms with Crippen molar-refractivity contribution < 1.29 is 23.1 Å². The quantitative estimate of drug-likeness (QED) is 0.255. The minimum Gasteiger partial charge on any atom is -0.371 e. The Labute approximate surface area is 195 Å². The molecule has 0 amide bonds. The summed E-state index contributed by atoms with van der Waals surface area (Å²) in [6.07, 6.45) is -0.743. The summed E-state index contributed by atoms with van der Waals surface area (Å²) in [7, 11) is 0. The van der Waals surface area contributed by atoms with Crippen LogP contribution >= 0.6 is 12.2 Å². The van der Waals surface area contributed by atoms with Gasteiger partial charge in [-0.3, -0.25) is 4.90 Å². The zero-order valence-electron chi connectivity index (χ0n) is 17.7. The van der Waals surface area contributed by atoms with Gasteiger partial charge in [0, 0.05) is 17.8 Å². The Balaban J connectivity index is 1.69. The van der Waals surface area contributed by atoms with Gasteiger partial charge in [-0.1, -0.05) is 18.2 Å². The van der Waals surface area contributed by atoms with Crippen LogP contribution in [0.3, 0.4) is 0 Å². The second-order valence-electron chi connectivity index (χ2n) is 8.36. The molecule has 0 bridgehead atoms. The predicted molar refractivity (Wildman–Crippen MR) is 123 cm³/mol. The van der Waals surface area contributed by atoms with E-state index in [2.05, 4.69) is 4.85 Å². The maximum absolute atomic E-state index is 13.5. The van der Waals surface area contributed by atoms with Crippen molar-refractivity contribution in [3.63, 3.8) is 0 Å². The second kappa shape index (κ2) is 8.76. The second-order valence-corrected chi connectivity index (χ2v) is 8.72. The van der Waals surface area contributed by atoms with Crippen LogP contribution in [-0.4, -0.2) is 28.3 Å². The van der Waals surface area contributed by atoms with Crippen molar-refractivity contribution in [2.75, 3.05) is 9.80 Å². The summed E-state index contributed by atoms with van der Waals surface area (Å²) in [5.74, 6) is 0. The maximum atomic E-state index is 13.5. The molecular weight excluding hydrogens is 451 g/mol. The number of nitrogens with zero attached hydrogens (tertiary/aromatic N) is 3. The standard InChI is InChI=1S/C24H22F3N3O2S/c1-28-20-11-10-18(15-19(20)24(25,26)27)29-21(32)23(12-4-13-23)30(22(29)33)17-8-6-16(7-9-17)5-2-3-14-31/h6-11,14-15,21,32H,2-5,12-13H2. The van der Waals surface area contributed by atoms with Gasteiger partial charge in [-0.05, 0) is 74.2 Å². The molecule has 1 aliphatic heterocycles. The lowest BCUT2D eigenvalue weighted by Crippen LogP contribution is -2.57. The molecule has 0 radical (unpaired) electrons. The number of rotatable bonds is 6. The molecule has 9 heteroatoms. The monoisotopic (exact) mass is 473 g/mol. The average Bonchev–Trinajstić information content (AvgIpc) is 3.00. The van der Waals surface area contributed by atoms with Gasteiger partial charge in [0.25, 0.3) is 0 Å². The molecule has 4 rings (SSSR count). The van der Waals surface area contributed by atoms with Gasteiger partial charge in [-0.2, -0.15) is 13.2 Å². The number of carbonyl (C=O) groups excluding carboxylic acids is 1. The molecule has 1 saturated heterocycles. The lowest BCUT2D eigenvalue weighted by atomic mass is 9.74. The van der Waals surface area contributed by atoms with E-state index in [0.717, 1.165) is 48.9 Å². The molecule has 1 unspecified atom stereocenters. The van der Waals surface area contributed by atoms with Gasteiger partial charge < -0.3 is 14.8 Å². The molecule has 1 atom stereocenters. The maximum Gasteiger partial charge on any atom is 0.407 e. The van der Waals surface area contributed by atoms with Crippen molar-refractivity contribution in [2.24, 2.45) is 0 Å². The molecule has 0 aromatic heterocycles. The summed E-state index contributed by atoms with van der Waals surface area (Å²) in [5, 5.41) is 11.5. The number of thiocarbonyl (C=S) groups is 1. The Morgan fingerprint density at radius 2 is 1.85 bits per heavy atom. The Morgan fingerprint density at radius 1 is 1.18 bits per heavy atom. The third-order valence-corrected chi connectivity index (χ3v) is 6.83. The summed E-state index contributed by atoms with van der Waals surface area (Å²) in [5.41, 5.74) is -0.333. The number of benzene rings is 2. The third-order valence-electron chi connectivity index (χ3n) is 6.45. The topological polar surface area (TPSA) is 48.1 Å². The van der Waals surface area contributed by atoms with Crippen molar-refractivity contribution in [2.45, 2.75) is 56.5 Å². The van der Waals surface area contributed by atoms with Crippen LogP contribution in [0, 0.1) is 6.57 Å². The van der Waals surface area contributed by atoms with E-state index in [1.165, 1.54) is 11.0 Å². The number of aliphatic hydroxyl groups excluding tert-OH is 1. The van der Waals surface area contributed by atoms with Crippen LogP contribution in [0.5, 0.6) is 0 Å². The van der Waals surface area contributed by atoms with Gasteiger partial charge in [-0.25, -0.2) is 4.85 Å². The number of halogens is 3. The summed E-state index contributed by atoms with van der Waals surface area (Å²) in [6, 6.07) is 11.1. The number of aldehydes is 1. The lowest BCUT2D eigenvalue weighted by Gasteiger charge is -2.46. The van der Waals surface area contributed by atoms with Crippen LogP contribution < -0.4 is 9.80 Å². The first-order chi connectivity index (χ1) is 15.7. The number of unbranched alkanes of at least 4 members (excludes halogenated alkanes) is 1. The van der Waals surface area contributed by atoms with E-state index in [-0.39, 0.29) is 10.8 Å². The number of hydrogen-bond donors (Lipinski definition) is 1. The first-order valence-electron chi connectivity index (χ1n) is 10.7. The average molecular weight is 474 g/mol. The minimum absolute atomic E-state index is 0.103. The third kappa shape index (κ3) is 3.98. The van der Waals surface area contributed by atoms with Crippen LogP contribution in [-0.2, 0) is 17.4 Å². The molecule has 1 N–H and O–H groups in total. The molecular formula is C24H22F3N3O2S. The van der Waals surface area contributed by atoms with Crippen LogP contribution in [0.1, 0.15) is 43.2 Å². The normalized spacial score (nSPS) is 19.5. The molecule has 172 valence electrons. The van der Waals surface area contributed by atoms with Gasteiger partial charge in [0.15, 0.2) is 17.0 Å². The Morgan fingerprint density at radius 3 is 2.39 bits per heavy atom. The van der Waals surface area contributed by atoms with Gasteiger partial charge in [0.2, 0.25) is 0 Å². The molecule has 2 aromatic carbocycles. The lowest BCUT2D eigenvalue weighted by molar-refractivity contribution is -0.136. The largest absolute Gasteiger partial charge is 0.407 e. The highest BCUT2D eigenvalue weighted by Crippen LogP contribution is 2.50. The van der Waals surface area contributed by atoms with Crippen molar-refractivity contribution in [1.82, 2.24) is 0 Å². The highest BCUT2D eigenvalue weighted by atomic mass is 32.1. The fourth-order valence-corrected chi connectivity index (χ4v) is 5.09. The molecule has 5 nitrogen and oxygen atoms in total. The molecule has 2 fully saturated rings. The Kier molecular flexibility index (Phi) is 6.16. The van der Waals surface area contributed by atoms with E-state index >= 15 is 0 Å². The van der Waals surface area contributed by atoms with E-state index in [9.17, 15) is 23.1 Å². The van der Waals surface area contributed by atoms with Crippen molar-refractivity contribution >= 4 is 40.7 Å². The fourth-order valence-electron chi connectivity index (χ4n) is 4.60. The van der Waals surface area contributed by atoms with Crippen molar-refractivity contribution in [3.8, 4) is 0 Å². The van der Waals surface area contributed by atoms with E-state index in [1.54, 1.807) is 0 Å². The number of carbonyl (C=O) groups is 1. The minimum atomic E-state index is -4.70. The van der Waals surface area contributed by atoms with Crippen molar-refractivity contribution in [1.29, 1.82) is 0 Å². The van der Waals surface area contributed by atoms with Gasteiger partial charge >= 0.3 is 6.18 Å². The first-order valence-corrected chi connectivity index (χ1v) is 11.1. The molecule has 2 aromatic rings. The molecule has 33 heavy (non-hydrogen) atoms. The molecule has 1 aliphatic carbocycles. The van der Waals surface area contributed by atoms with Crippen LogP contribution in [0.15, 0.2) is 42.5 Å². The number of aryl methyl sites for hydroxylation is 1. The number of hydrogen-bond acceptors (Lipinski definition) is 3. The van der Waals surface area contributed by atoms with Crippen LogP contribution in [0.25, 0.3) is 4.85 Å². The van der Waals surface area contributed by atoms with Crippen LogP contribution in [0.2, 0.25) is 0 Å². The summed E-state index contributed by atoms with van der Waals surface area (Å²) < 4.78 is 40.6. The van der Waals surface area contributed by atoms with Gasteiger partial charge in [0.05, 0.1) is 17.7 Å². The Bertz CT molecular complexity index is 1110. The highest BCUT2D eigenvalue weighted by Gasteiger charge is 2.59. The summed E-state index contributed by atoms with van der Waals surface area (Å²) >= 11 is 5.68. The van der Waals surface area contributed by atoms with E-state index < -0.39 is 29.2 Å². The zero-order chi connectivity index (χ0) is 23.8. The summed E-state index contributed by atoms with van der Waals surface area (Å²) in [6.45, 7) is 7.05. The smallest absolute Gasteiger partial charge is 0.371 e. The molecule has 2 aliphatic rings. The van der Waals surface area contributed by atoms with Gasteiger partial charge in [0.1, 0.15) is 6.29 Å². The van der Waals surface area contributed by atoms with Gasteiger partial charge in [-0.15, -0.1) is 0 Å². The Hall–Kier alpha value is -2.96. The SMILES string of the molecule is [C-]#[N+]c1ccc(N2C(=S)N(c3ccc(CCCC=O)cc3)C3(CCC3)C2O)cc1C(F)(F)F. The first kappa shape index (κ1) is 23.2. The zero-order valence-corrected chi connectivity index (χ0v) is 18.5. The van der Waals surface area contributed by atoms with Crippen LogP contribution in [0.4, 0.5) is 30.2 Å². The summed E-state index contributed by atoms with van der Waals surface area (Å²) in [4.78, 5) is 16.7. The van der Waals surface area contributed by atoms with Crippen molar-refractivity contribution in [3.05, 3.63) is 65.0 Å². The number of alkyl halides is 3.